The van der Waals surface area contributed by atoms with Gasteiger partial charge < -0.3 is 14.2 Å². The van der Waals surface area contributed by atoms with E-state index >= 15 is 0 Å². The lowest BCUT2D eigenvalue weighted by Gasteiger charge is -2.26. The zero-order valence-electron chi connectivity index (χ0n) is 23.3. The molecule has 0 aromatic heterocycles. The molecule has 1 N–H and O–H groups in total. The second-order valence-electron chi connectivity index (χ2n) is 9.47. The maximum absolute atomic E-state index is 13.5. The lowest BCUT2D eigenvalue weighted by atomic mass is 10.1. The smallest absolute Gasteiger partial charge is 0.335 e. The van der Waals surface area contributed by atoms with Crippen LogP contribution in [0, 0.1) is 3.57 Å². The van der Waals surface area contributed by atoms with E-state index in [1.807, 2.05) is 43.3 Å². The van der Waals surface area contributed by atoms with Crippen LogP contribution in [0.1, 0.15) is 23.6 Å². The Bertz CT molecular complexity index is 1760. The topological polar surface area (TPSA) is 94.2 Å². The SMILES string of the molecule is CCOc1cc(/C=C2\C(=O)NC(=O)N(c3ccc(OCc4ccccc4Cl)cc3)C2=O)cc(I)c1OCc1ccccc1Cl. The van der Waals surface area contributed by atoms with Crippen molar-refractivity contribution in [3.05, 3.63) is 121 Å². The van der Waals surface area contributed by atoms with Crippen molar-refractivity contribution in [1.82, 2.24) is 5.32 Å². The Hall–Kier alpha value is -4.06. The maximum atomic E-state index is 13.5. The van der Waals surface area contributed by atoms with Crippen LogP contribution in [0.15, 0.2) is 90.5 Å². The van der Waals surface area contributed by atoms with Crippen molar-refractivity contribution in [3.63, 3.8) is 0 Å². The molecule has 5 rings (SSSR count). The molecule has 0 spiro atoms. The lowest BCUT2D eigenvalue weighted by molar-refractivity contribution is -0.122. The highest BCUT2D eigenvalue weighted by Gasteiger charge is 2.37. The number of amides is 4. The summed E-state index contributed by atoms with van der Waals surface area (Å²) in [7, 11) is 0. The number of urea groups is 1. The number of barbiturate groups is 1. The number of hydrogen-bond donors (Lipinski definition) is 1. The fraction of sp³-hybridized carbons (Fsp3) is 0.121. The molecule has 1 saturated heterocycles. The molecule has 11 heteroatoms. The summed E-state index contributed by atoms with van der Waals surface area (Å²) in [6.07, 6.45) is 1.42. The number of halogens is 3. The molecule has 1 aliphatic heterocycles. The predicted octanol–water partition coefficient (Wildman–Crippen LogP) is 7.82. The van der Waals surface area contributed by atoms with Crippen molar-refractivity contribution in [1.29, 1.82) is 0 Å². The van der Waals surface area contributed by atoms with E-state index in [0.717, 1.165) is 16.0 Å². The molecule has 0 aliphatic carbocycles. The van der Waals surface area contributed by atoms with Crippen LogP contribution in [-0.4, -0.2) is 24.5 Å². The normalized spacial score (nSPS) is 14.0. The van der Waals surface area contributed by atoms with Gasteiger partial charge >= 0.3 is 6.03 Å². The molecule has 0 radical (unpaired) electrons. The highest BCUT2D eigenvalue weighted by molar-refractivity contribution is 14.1. The fourth-order valence-corrected chi connectivity index (χ4v) is 5.53. The largest absolute Gasteiger partial charge is 0.490 e. The summed E-state index contributed by atoms with van der Waals surface area (Å²) in [5.74, 6) is -0.122. The molecule has 4 aromatic carbocycles. The first-order valence-electron chi connectivity index (χ1n) is 13.5. The molecule has 8 nitrogen and oxygen atoms in total. The summed E-state index contributed by atoms with van der Waals surface area (Å²) >= 11 is 14.6. The number of ether oxygens (including phenoxy) is 3. The molecular weight excluding hydrogens is 718 g/mol. The number of nitrogens with zero attached hydrogens (tertiary/aromatic N) is 1. The predicted molar refractivity (Wildman–Crippen MR) is 177 cm³/mol. The van der Waals surface area contributed by atoms with E-state index in [9.17, 15) is 14.4 Å². The van der Waals surface area contributed by atoms with Crippen LogP contribution in [0.2, 0.25) is 10.0 Å². The van der Waals surface area contributed by atoms with Gasteiger partial charge in [-0.05, 0) is 89.7 Å². The highest BCUT2D eigenvalue weighted by atomic mass is 127. The Kier molecular flexibility index (Phi) is 10.1. The van der Waals surface area contributed by atoms with Gasteiger partial charge in [-0.3, -0.25) is 14.9 Å². The van der Waals surface area contributed by atoms with E-state index < -0.39 is 17.8 Å². The summed E-state index contributed by atoms with van der Waals surface area (Å²) in [6, 6.07) is 23.7. The van der Waals surface area contributed by atoms with Gasteiger partial charge in [-0.2, -0.15) is 0 Å². The summed E-state index contributed by atoms with van der Waals surface area (Å²) < 4.78 is 18.4. The van der Waals surface area contributed by atoms with Crippen molar-refractivity contribution in [2.75, 3.05) is 11.5 Å². The zero-order valence-corrected chi connectivity index (χ0v) is 27.0. The third-order valence-electron chi connectivity index (χ3n) is 6.52. The molecular formula is C33H25Cl2IN2O6. The second kappa shape index (κ2) is 14.1. The standard InChI is InChI=1S/C33H25Cl2IN2O6/c1-2-42-29-17-20(16-28(36)30(29)44-19-22-8-4-6-10-27(22)35)15-25-31(39)37-33(41)38(32(25)40)23-11-13-24(14-12-23)43-18-21-7-3-5-9-26(21)34/h3-17H,2,18-19H2,1H3,(H,37,39,41)/b25-15+. The average Bonchev–Trinajstić information content (AvgIpc) is 3.00. The van der Waals surface area contributed by atoms with Crippen molar-refractivity contribution in [2.45, 2.75) is 20.1 Å². The van der Waals surface area contributed by atoms with Gasteiger partial charge in [0.25, 0.3) is 11.8 Å². The number of rotatable bonds is 10. The molecule has 44 heavy (non-hydrogen) atoms. The highest BCUT2D eigenvalue weighted by Crippen LogP contribution is 2.36. The molecule has 4 amide bonds. The van der Waals surface area contributed by atoms with Crippen molar-refractivity contribution in [3.8, 4) is 17.2 Å². The monoisotopic (exact) mass is 742 g/mol. The average molecular weight is 743 g/mol. The third-order valence-corrected chi connectivity index (χ3v) is 8.06. The maximum Gasteiger partial charge on any atom is 0.335 e. The van der Waals surface area contributed by atoms with Crippen molar-refractivity contribution >= 4 is 75.4 Å². The summed E-state index contributed by atoms with van der Waals surface area (Å²) in [4.78, 5) is 40.0. The van der Waals surface area contributed by atoms with Crippen LogP contribution in [-0.2, 0) is 22.8 Å². The third kappa shape index (κ3) is 7.18. The minimum absolute atomic E-state index is 0.216. The fourth-order valence-electron chi connectivity index (χ4n) is 4.37. The molecule has 0 atom stereocenters. The Labute approximate surface area is 277 Å². The first-order chi connectivity index (χ1) is 21.2. The molecule has 4 aromatic rings. The number of anilines is 1. The van der Waals surface area contributed by atoms with E-state index in [1.54, 1.807) is 48.5 Å². The van der Waals surface area contributed by atoms with Crippen LogP contribution in [0.3, 0.4) is 0 Å². The molecule has 1 heterocycles. The second-order valence-corrected chi connectivity index (χ2v) is 11.5. The minimum Gasteiger partial charge on any atom is -0.490 e. The van der Waals surface area contributed by atoms with E-state index in [4.69, 9.17) is 37.4 Å². The number of benzene rings is 4. The summed E-state index contributed by atoms with van der Waals surface area (Å²) in [6.45, 7) is 2.66. The molecule has 0 saturated carbocycles. The van der Waals surface area contributed by atoms with Gasteiger partial charge in [0.05, 0.1) is 15.9 Å². The number of imide groups is 2. The van der Waals surface area contributed by atoms with Crippen LogP contribution in [0.25, 0.3) is 6.08 Å². The Balaban J connectivity index is 1.36. The van der Waals surface area contributed by atoms with Gasteiger partial charge in [0.15, 0.2) is 11.5 Å². The van der Waals surface area contributed by atoms with Crippen LogP contribution >= 0.6 is 45.8 Å². The molecule has 1 fully saturated rings. The molecule has 0 unspecified atom stereocenters. The van der Waals surface area contributed by atoms with Gasteiger partial charge in [-0.15, -0.1) is 0 Å². The van der Waals surface area contributed by atoms with Gasteiger partial charge in [-0.25, -0.2) is 9.69 Å². The lowest BCUT2D eigenvalue weighted by Crippen LogP contribution is -2.54. The molecule has 224 valence electrons. The van der Waals surface area contributed by atoms with Gasteiger partial charge in [0, 0.05) is 21.2 Å². The Morgan fingerprint density at radius 3 is 2.05 bits per heavy atom. The summed E-state index contributed by atoms with van der Waals surface area (Å²) in [5, 5.41) is 3.42. The number of carbonyl (C=O) groups is 3. The number of carbonyl (C=O) groups excluding carboxylic acids is 3. The van der Waals surface area contributed by atoms with Crippen LogP contribution in [0.5, 0.6) is 17.2 Å². The zero-order chi connectivity index (χ0) is 31.2. The van der Waals surface area contributed by atoms with Gasteiger partial charge in [0.1, 0.15) is 24.5 Å². The van der Waals surface area contributed by atoms with Crippen LogP contribution in [0.4, 0.5) is 10.5 Å². The van der Waals surface area contributed by atoms with Crippen LogP contribution < -0.4 is 24.4 Å². The minimum atomic E-state index is -0.852. The van der Waals surface area contributed by atoms with E-state index in [2.05, 4.69) is 27.9 Å². The van der Waals surface area contributed by atoms with Gasteiger partial charge in [-0.1, -0.05) is 59.6 Å². The summed E-state index contributed by atoms with van der Waals surface area (Å²) in [5.41, 5.74) is 2.20. The van der Waals surface area contributed by atoms with E-state index in [1.165, 1.54) is 6.08 Å². The van der Waals surface area contributed by atoms with E-state index in [-0.39, 0.29) is 24.5 Å². The first-order valence-corrected chi connectivity index (χ1v) is 15.3. The van der Waals surface area contributed by atoms with Crippen molar-refractivity contribution in [2.24, 2.45) is 0 Å². The van der Waals surface area contributed by atoms with Gasteiger partial charge in [0.2, 0.25) is 0 Å². The Morgan fingerprint density at radius 2 is 1.43 bits per heavy atom. The quantitative estimate of drug-likeness (QED) is 0.101. The van der Waals surface area contributed by atoms with E-state index in [0.29, 0.717) is 43.0 Å². The first kappa shape index (κ1) is 31.4. The Morgan fingerprint density at radius 1 is 0.818 bits per heavy atom. The molecule has 0 bridgehead atoms. The van der Waals surface area contributed by atoms with Crippen molar-refractivity contribution < 1.29 is 28.6 Å². The molecule has 1 aliphatic rings. The number of hydrogen-bond acceptors (Lipinski definition) is 6. The number of nitrogens with one attached hydrogen (secondary N) is 1.